The molecule has 1 amide bonds. The third kappa shape index (κ3) is 4.03. The van der Waals surface area contributed by atoms with Crippen molar-refractivity contribution in [3.63, 3.8) is 0 Å². The SMILES string of the molecule is CC(C)CC(=O)N1CC[C@@H]2CN(Cc3ccncc3)S(=O)(=O)[C@@H]2CC1. The van der Waals surface area contributed by atoms with E-state index >= 15 is 0 Å². The molecule has 0 spiro atoms. The maximum Gasteiger partial charge on any atom is 0.222 e. The Labute approximate surface area is 150 Å². The smallest absolute Gasteiger partial charge is 0.222 e. The first kappa shape index (κ1) is 18.3. The average Bonchev–Trinajstić information content (AvgIpc) is 2.71. The molecule has 2 aliphatic heterocycles. The summed E-state index contributed by atoms with van der Waals surface area (Å²) in [6, 6.07) is 3.71. The molecule has 2 aliphatic rings. The van der Waals surface area contributed by atoms with Gasteiger partial charge in [0, 0.05) is 45.0 Å². The molecule has 3 heterocycles. The molecule has 1 aromatic heterocycles. The first-order chi connectivity index (χ1) is 11.9. The second-order valence-corrected chi connectivity index (χ2v) is 9.70. The molecule has 25 heavy (non-hydrogen) atoms. The van der Waals surface area contributed by atoms with Crippen molar-refractivity contribution in [2.24, 2.45) is 11.8 Å². The molecule has 0 N–H and O–H groups in total. The van der Waals surface area contributed by atoms with Crippen LogP contribution in [0.1, 0.15) is 38.7 Å². The molecule has 0 bridgehead atoms. The van der Waals surface area contributed by atoms with Gasteiger partial charge in [0.15, 0.2) is 0 Å². The molecule has 0 aliphatic carbocycles. The van der Waals surface area contributed by atoms with Crippen molar-refractivity contribution in [1.29, 1.82) is 0 Å². The van der Waals surface area contributed by atoms with Crippen molar-refractivity contribution in [1.82, 2.24) is 14.2 Å². The van der Waals surface area contributed by atoms with E-state index in [-0.39, 0.29) is 17.1 Å². The molecule has 7 heteroatoms. The Bertz CT molecular complexity index is 706. The molecule has 6 nitrogen and oxygen atoms in total. The standard InChI is InChI=1S/C18H27N3O3S/c1-14(2)11-18(22)20-9-5-16-13-21(12-15-3-7-19-8-4-15)25(23,24)17(16)6-10-20/h3-4,7-8,14,16-17H,5-6,9-13H2,1-2H3/t16-,17-/m1/s1. The zero-order valence-corrected chi connectivity index (χ0v) is 15.8. The molecular weight excluding hydrogens is 338 g/mol. The number of hydrogen-bond donors (Lipinski definition) is 0. The second kappa shape index (κ2) is 7.41. The molecule has 2 fully saturated rings. The zero-order chi connectivity index (χ0) is 18.0. The lowest BCUT2D eigenvalue weighted by atomic mass is 10.0. The normalized spacial score (nSPS) is 26.4. The summed E-state index contributed by atoms with van der Waals surface area (Å²) in [5.74, 6) is 0.597. The fourth-order valence-electron chi connectivity index (χ4n) is 3.87. The van der Waals surface area contributed by atoms with E-state index in [1.807, 2.05) is 30.9 Å². The quantitative estimate of drug-likeness (QED) is 0.817. The minimum Gasteiger partial charge on any atom is -0.343 e. The van der Waals surface area contributed by atoms with Crippen LogP contribution in [0.15, 0.2) is 24.5 Å². The van der Waals surface area contributed by atoms with E-state index < -0.39 is 10.0 Å². The summed E-state index contributed by atoms with van der Waals surface area (Å²) in [6.45, 7) is 6.26. The molecule has 3 rings (SSSR count). The average molecular weight is 365 g/mol. The summed E-state index contributed by atoms with van der Waals surface area (Å²) in [5.41, 5.74) is 0.962. The number of carbonyl (C=O) groups is 1. The van der Waals surface area contributed by atoms with Crippen molar-refractivity contribution in [3.8, 4) is 0 Å². The van der Waals surface area contributed by atoms with Crippen LogP contribution >= 0.6 is 0 Å². The largest absolute Gasteiger partial charge is 0.343 e. The van der Waals surface area contributed by atoms with Gasteiger partial charge in [-0.2, -0.15) is 4.31 Å². The maximum atomic E-state index is 12.9. The first-order valence-electron chi connectivity index (χ1n) is 9.03. The number of likely N-dealkylation sites (tertiary alicyclic amines) is 1. The predicted octanol–water partition coefficient (Wildman–Crippen LogP) is 1.88. The Morgan fingerprint density at radius 1 is 1.24 bits per heavy atom. The molecule has 0 unspecified atom stereocenters. The van der Waals surface area contributed by atoms with Gasteiger partial charge < -0.3 is 4.90 Å². The van der Waals surface area contributed by atoms with Crippen LogP contribution in [0.4, 0.5) is 0 Å². The number of carbonyl (C=O) groups excluding carboxylic acids is 1. The lowest BCUT2D eigenvalue weighted by Gasteiger charge is -2.23. The Balaban J connectivity index is 1.67. The third-order valence-corrected chi connectivity index (χ3v) is 7.59. The van der Waals surface area contributed by atoms with Crippen molar-refractivity contribution in [3.05, 3.63) is 30.1 Å². The minimum atomic E-state index is -3.31. The Morgan fingerprint density at radius 2 is 1.92 bits per heavy atom. The van der Waals surface area contributed by atoms with E-state index in [1.165, 1.54) is 0 Å². The van der Waals surface area contributed by atoms with Crippen LogP contribution in [0.3, 0.4) is 0 Å². The fraction of sp³-hybridized carbons (Fsp3) is 0.667. The van der Waals surface area contributed by atoms with E-state index in [2.05, 4.69) is 4.98 Å². The number of pyridine rings is 1. The zero-order valence-electron chi connectivity index (χ0n) is 15.0. The van der Waals surface area contributed by atoms with Crippen LogP contribution in [0.2, 0.25) is 0 Å². The summed E-state index contributed by atoms with van der Waals surface area (Å²) in [7, 11) is -3.31. The van der Waals surface area contributed by atoms with Crippen molar-refractivity contribution < 1.29 is 13.2 Å². The number of fused-ring (bicyclic) bond motifs is 1. The Morgan fingerprint density at radius 3 is 2.60 bits per heavy atom. The van der Waals surface area contributed by atoms with E-state index in [4.69, 9.17) is 0 Å². The Hall–Kier alpha value is -1.47. The molecule has 0 aromatic carbocycles. The lowest BCUT2D eigenvalue weighted by Crippen LogP contribution is -2.35. The molecule has 2 saturated heterocycles. The molecule has 138 valence electrons. The van der Waals surface area contributed by atoms with E-state index in [0.717, 1.165) is 12.0 Å². The van der Waals surface area contributed by atoms with Gasteiger partial charge in [0.25, 0.3) is 0 Å². The van der Waals surface area contributed by atoms with Gasteiger partial charge in [0.1, 0.15) is 0 Å². The number of aromatic nitrogens is 1. The number of hydrogen-bond acceptors (Lipinski definition) is 4. The van der Waals surface area contributed by atoms with Gasteiger partial charge in [-0.3, -0.25) is 9.78 Å². The van der Waals surface area contributed by atoms with Crippen LogP contribution < -0.4 is 0 Å². The summed E-state index contributed by atoms with van der Waals surface area (Å²) in [5, 5.41) is -0.355. The van der Waals surface area contributed by atoms with Gasteiger partial charge in [-0.25, -0.2) is 8.42 Å². The highest BCUT2D eigenvalue weighted by molar-refractivity contribution is 7.90. The molecule has 2 atom stereocenters. The van der Waals surface area contributed by atoms with E-state index in [9.17, 15) is 13.2 Å². The fourth-order valence-corrected chi connectivity index (χ4v) is 6.09. The number of sulfonamides is 1. The molecule has 0 radical (unpaired) electrons. The van der Waals surface area contributed by atoms with E-state index in [0.29, 0.717) is 44.9 Å². The topological polar surface area (TPSA) is 70.6 Å². The van der Waals surface area contributed by atoms with E-state index in [1.54, 1.807) is 16.7 Å². The van der Waals surface area contributed by atoms with Crippen molar-refractivity contribution in [2.45, 2.75) is 44.9 Å². The number of rotatable bonds is 4. The van der Waals surface area contributed by atoms with Gasteiger partial charge in [0.2, 0.25) is 15.9 Å². The minimum absolute atomic E-state index is 0.115. The number of nitrogens with zero attached hydrogens (tertiary/aromatic N) is 3. The molecule has 1 aromatic rings. The monoisotopic (exact) mass is 365 g/mol. The van der Waals surface area contributed by atoms with Gasteiger partial charge in [-0.1, -0.05) is 13.8 Å². The summed E-state index contributed by atoms with van der Waals surface area (Å²) < 4.78 is 27.5. The van der Waals surface area contributed by atoms with Crippen LogP contribution in [-0.2, 0) is 21.4 Å². The Kier molecular flexibility index (Phi) is 5.43. The summed E-state index contributed by atoms with van der Waals surface area (Å²) in [6.07, 6.45) is 5.23. The molecular formula is C18H27N3O3S. The first-order valence-corrected chi connectivity index (χ1v) is 10.5. The third-order valence-electron chi connectivity index (χ3n) is 5.20. The van der Waals surface area contributed by atoms with Gasteiger partial charge in [-0.05, 0) is 42.4 Å². The van der Waals surface area contributed by atoms with Crippen LogP contribution in [0, 0.1) is 11.8 Å². The summed E-state index contributed by atoms with van der Waals surface area (Å²) in [4.78, 5) is 18.2. The summed E-state index contributed by atoms with van der Waals surface area (Å²) >= 11 is 0. The molecule has 0 saturated carbocycles. The van der Waals surface area contributed by atoms with Crippen molar-refractivity contribution >= 4 is 15.9 Å². The highest BCUT2D eigenvalue weighted by Crippen LogP contribution is 2.35. The number of amides is 1. The highest BCUT2D eigenvalue weighted by atomic mass is 32.2. The van der Waals surface area contributed by atoms with Crippen LogP contribution in [0.25, 0.3) is 0 Å². The maximum absolute atomic E-state index is 12.9. The second-order valence-electron chi connectivity index (χ2n) is 7.55. The lowest BCUT2D eigenvalue weighted by molar-refractivity contribution is -0.131. The predicted molar refractivity (Wildman–Crippen MR) is 96.1 cm³/mol. The van der Waals surface area contributed by atoms with Crippen LogP contribution in [0.5, 0.6) is 0 Å². The highest BCUT2D eigenvalue weighted by Gasteiger charge is 2.47. The van der Waals surface area contributed by atoms with Crippen LogP contribution in [-0.4, -0.2) is 53.4 Å². The van der Waals surface area contributed by atoms with Crippen molar-refractivity contribution in [2.75, 3.05) is 19.6 Å². The van der Waals surface area contributed by atoms with Gasteiger partial charge >= 0.3 is 0 Å². The van der Waals surface area contributed by atoms with Gasteiger partial charge in [0.05, 0.1) is 5.25 Å². The van der Waals surface area contributed by atoms with Gasteiger partial charge in [-0.15, -0.1) is 0 Å².